The summed E-state index contributed by atoms with van der Waals surface area (Å²) in [6.45, 7) is 1.78. The van der Waals surface area contributed by atoms with E-state index in [4.69, 9.17) is 0 Å². The highest BCUT2D eigenvalue weighted by atomic mass is 127. The van der Waals surface area contributed by atoms with Crippen LogP contribution in [0.15, 0.2) is 42.5 Å². The van der Waals surface area contributed by atoms with Gasteiger partial charge in [0.25, 0.3) is 5.91 Å². The van der Waals surface area contributed by atoms with E-state index < -0.39 is 11.6 Å². The lowest BCUT2D eigenvalue weighted by Gasteiger charge is -2.25. The van der Waals surface area contributed by atoms with Crippen LogP contribution in [0, 0.1) is 15.2 Å². The van der Waals surface area contributed by atoms with E-state index in [1.54, 1.807) is 26.1 Å². The molecule has 1 atom stereocenters. The molecule has 1 unspecified atom stereocenters. The zero-order valence-corrected chi connectivity index (χ0v) is 13.8. The molecule has 0 aliphatic heterocycles. The van der Waals surface area contributed by atoms with Crippen molar-refractivity contribution in [2.75, 3.05) is 7.05 Å². The molecule has 0 saturated heterocycles. The Bertz CT molecular complexity index is 658. The first-order valence-corrected chi connectivity index (χ1v) is 7.45. The van der Waals surface area contributed by atoms with Gasteiger partial charge in [0.15, 0.2) is 11.6 Å². The first-order valence-electron chi connectivity index (χ1n) is 6.38. The lowest BCUT2D eigenvalue weighted by molar-refractivity contribution is 0.0742. The van der Waals surface area contributed by atoms with Gasteiger partial charge >= 0.3 is 0 Å². The van der Waals surface area contributed by atoms with Gasteiger partial charge < -0.3 is 4.90 Å². The van der Waals surface area contributed by atoms with Crippen molar-refractivity contribution in [1.29, 1.82) is 0 Å². The van der Waals surface area contributed by atoms with E-state index in [0.29, 0.717) is 11.1 Å². The molecule has 0 aliphatic rings. The summed E-state index contributed by atoms with van der Waals surface area (Å²) in [5, 5.41) is 0. The molecule has 2 rings (SSSR count). The molecule has 2 aromatic rings. The fourth-order valence-electron chi connectivity index (χ4n) is 1.97. The molecule has 1 amide bonds. The predicted molar refractivity (Wildman–Crippen MR) is 86.0 cm³/mol. The minimum Gasteiger partial charge on any atom is -0.335 e. The highest BCUT2D eigenvalue weighted by Gasteiger charge is 2.19. The number of carbonyl (C=O) groups excluding carboxylic acids is 1. The van der Waals surface area contributed by atoms with Crippen molar-refractivity contribution in [1.82, 2.24) is 4.90 Å². The van der Waals surface area contributed by atoms with Crippen molar-refractivity contribution in [2.24, 2.45) is 0 Å². The summed E-state index contributed by atoms with van der Waals surface area (Å²) < 4.78 is 27.3. The molecule has 2 nitrogen and oxygen atoms in total. The average molecular weight is 401 g/mol. The topological polar surface area (TPSA) is 20.3 Å². The zero-order valence-electron chi connectivity index (χ0n) is 11.6. The molecule has 2 aromatic carbocycles. The van der Waals surface area contributed by atoms with E-state index in [-0.39, 0.29) is 11.9 Å². The summed E-state index contributed by atoms with van der Waals surface area (Å²) in [5.41, 5.74) is 1.11. The molecule has 0 aromatic heterocycles. The van der Waals surface area contributed by atoms with Crippen molar-refractivity contribution >= 4 is 28.5 Å². The maximum atomic E-state index is 13.3. The summed E-state index contributed by atoms with van der Waals surface area (Å²) in [6, 6.07) is 10.5. The van der Waals surface area contributed by atoms with E-state index in [1.165, 1.54) is 11.0 Å². The lowest BCUT2D eigenvalue weighted by atomic mass is 10.1. The van der Waals surface area contributed by atoms with Gasteiger partial charge in [0.2, 0.25) is 0 Å². The summed E-state index contributed by atoms with van der Waals surface area (Å²) in [6.07, 6.45) is 0. The molecule has 0 heterocycles. The van der Waals surface area contributed by atoms with Gasteiger partial charge in [-0.2, -0.15) is 0 Å². The fraction of sp³-hybridized carbons (Fsp3) is 0.188. The number of halogens is 3. The van der Waals surface area contributed by atoms with Crippen LogP contribution in [0.3, 0.4) is 0 Å². The number of benzene rings is 2. The molecule has 0 spiro atoms. The molecular formula is C16H14F2INO. The van der Waals surface area contributed by atoms with Crippen LogP contribution in [-0.4, -0.2) is 17.9 Å². The minimum atomic E-state index is -0.908. The second-order valence-electron chi connectivity index (χ2n) is 4.77. The first kappa shape index (κ1) is 15.9. The fourth-order valence-corrected chi connectivity index (χ4v) is 2.33. The van der Waals surface area contributed by atoms with Crippen LogP contribution < -0.4 is 0 Å². The summed E-state index contributed by atoms with van der Waals surface area (Å²) in [4.78, 5) is 13.9. The van der Waals surface area contributed by atoms with Crippen LogP contribution >= 0.6 is 22.6 Å². The van der Waals surface area contributed by atoms with Crippen LogP contribution in [0.1, 0.15) is 28.9 Å². The van der Waals surface area contributed by atoms with Crippen molar-refractivity contribution < 1.29 is 13.6 Å². The molecule has 0 fully saturated rings. The van der Waals surface area contributed by atoms with E-state index >= 15 is 0 Å². The number of carbonyl (C=O) groups is 1. The van der Waals surface area contributed by atoms with Gasteiger partial charge in [-0.3, -0.25) is 4.79 Å². The van der Waals surface area contributed by atoms with Crippen LogP contribution in [0.4, 0.5) is 8.78 Å². The summed E-state index contributed by atoms with van der Waals surface area (Å²) in [5.74, 6) is -1.96. The third kappa shape index (κ3) is 3.58. The highest BCUT2D eigenvalue weighted by Crippen LogP contribution is 2.22. The van der Waals surface area contributed by atoms with Crippen LogP contribution in [0.5, 0.6) is 0 Å². The highest BCUT2D eigenvalue weighted by molar-refractivity contribution is 14.1. The molecule has 0 bridgehead atoms. The molecule has 0 N–H and O–H groups in total. The van der Waals surface area contributed by atoms with Crippen molar-refractivity contribution in [3.63, 3.8) is 0 Å². The summed E-state index contributed by atoms with van der Waals surface area (Å²) in [7, 11) is 1.65. The predicted octanol–water partition coefficient (Wildman–Crippen LogP) is 4.40. The van der Waals surface area contributed by atoms with Gasteiger partial charge in [0.05, 0.1) is 6.04 Å². The Balaban J connectivity index is 2.21. The second kappa shape index (κ2) is 6.51. The van der Waals surface area contributed by atoms with E-state index in [1.807, 2.05) is 12.1 Å². The van der Waals surface area contributed by atoms with Crippen LogP contribution in [0.2, 0.25) is 0 Å². The summed E-state index contributed by atoms with van der Waals surface area (Å²) >= 11 is 2.16. The number of hydrogen-bond donors (Lipinski definition) is 0. The Labute approximate surface area is 135 Å². The molecule has 0 saturated carbocycles. The number of amides is 1. The quantitative estimate of drug-likeness (QED) is 0.699. The Hall–Kier alpha value is -1.50. The zero-order chi connectivity index (χ0) is 15.6. The first-order chi connectivity index (χ1) is 9.90. The maximum absolute atomic E-state index is 13.3. The van der Waals surface area contributed by atoms with E-state index in [0.717, 1.165) is 15.7 Å². The van der Waals surface area contributed by atoms with Crippen molar-refractivity contribution in [3.05, 3.63) is 68.8 Å². The van der Waals surface area contributed by atoms with Crippen LogP contribution in [-0.2, 0) is 0 Å². The average Bonchev–Trinajstić information content (AvgIpc) is 2.48. The number of nitrogens with zero attached hydrogens (tertiary/aromatic N) is 1. The lowest BCUT2D eigenvalue weighted by Crippen LogP contribution is -2.29. The van der Waals surface area contributed by atoms with Crippen molar-refractivity contribution in [2.45, 2.75) is 13.0 Å². The Morgan fingerprint density at radius 1 is 1.10 bits per heavy atom. The SMILES string of the molecule is CC(c1ccc(F)c(F)c1)N(C)C(=O)c1ccc(I)cc1. The molecular weight excluding hydrogens is 387 g/mol. The molecule has 0 radical (unpaired) electrons. The largest absolute Gasteiger partial charge is 0.335 e. The monoisotopic (exact) mass is 401 g/mol. The Morgan fingerprint density at radius 2 is 1.71 bits per heavy atom. The number of rotatable bonds is 3. The van der Waals surface area contributed by atoms with Gasteiger partial charge in [-0.25, -0.2) is 8.78 Å². The normalized spacial score (nSPS) is 12.0. The molecule has 21 heavy (non-hydrogen) atoms. The van der Waals surface area contributed by atoms with E-state index in [2.05, 4.69) is 22.6 Å². The third-order valence-electron chi connectivity index (χ3n) is 3.42. The van der Waals surface area contributed by atoms with Crippen molar-refractivity contribution in [3.8, 4) is 0 Å². The standard InChI is InChI=1S/C16H14F2INO/c1-10(12-5-8-14(17)15(18)9-12)20(2)16(21)11-3-6-13(19)7-4-11/h3-10H,1-2H3. The van der Waals surface area contributed by atoms with Gasteiger partial charge in [-0.05, 0) is 71.5 Å². The third-order valence-corrected chi connectivity index (χ3v) is 4.14. The molecule has 0 aliphatic carbocycles. The Kier molecular flexibility index (Phi) is 4.92. The number of hydrogen-bond acceptors (Lipinski definition) is 1. The van der Waals surface area contributed by atoms with Gasteiger partial charge in [-0.1, -0.05) is 6.07 Å². The van der Waals surface area contributed by atoms with Gasteiger partial charge in [0, 0.05) is 16.2 Å². The Morgan fingerprint density at radius 3 is 2.29 bits per heavy atom. The van der Waals surface area contributed by atoms with Crippen LogP contribution in [0.25, 0.3) is 0 Å². The molecule has 5 heteroatoms. The van der Waals surface area contributed by atoms with E-state index in [9.17, 15) is 13.6 Å². The minimum absolute atomic E-state index is 0.163. The smallest absolute Gasteiger partial charge is 0.254 e. The maximum Gasteiger partial charge on any atom is 0.254 e. The second-order valence-corrected chi connectivity index (χ2v) is 6.02. The molecule has 110 valence electrons. The van der Waals surface area contributed by atoms with Gasteiger partial charge in [-0.15, -0.1) is 0 Å². The van der Waals surface area contributed by atoms with Gasteiger partial charge in [0.1, 0.15) is 0 Å².